The Labute approximate surface area is 156 Å². The van der Waals surface area contributed by atoms with E-state index in [1.165, 1.54) is 0 Å². The molecule has 1 N–H and O–H groups in total. The molecule has 2 saturated heterocycles. The molecule has 0 radical (unpaired) electrons. The molecule has 26 heavy (non-hydrogen) atoms. The van der Waals surface area contributed by atoms with E-state index in [4.69, 9.17) is 0 Å². The highest BCUT2D eigenvalue weighted by Crippen LogP contribution is 2.24. The van der Waals surface area contributed by atoms with Crippen LogP contribution in [0.15, 0.2) is 24.3 Å². The molecule has 142 valence electrons. The van der Waals surface area contributed by atoms with E-state index in [0.29, 0.717) is 18.9 Å². The minimum Gasteiger partial charge on any atom is -0.325 e. The van der Waals surface area contributed by atoms with Crippen molar-refractivity contribution in [2.75, 3.05) is 56.0 Å². The van der Waals surface area contributed by atoms with E-state index in [2.05, 4.69) is 29.0 Å². The number of hydrogen-bond acceptors (Lipinski definition) is 4. The smallest absolute Gasteiger partial charge is 0.238 e. The molecule has 1 aromatic rings. The van der Waals surface area contributed by atoms with Crippen molar-refractivity contribution in [1.82, 2.24) is 9.80 Å². The number of benzene rings is 1. The molecule has 0 spiro atoms. The second-order valence-corrected chi connectivity index (χ2v) is 7.72. The van der Waals surface area contributed by atoms with E-state index >= 15 is 0 Å². The molecule has 2 aliphatic heterocycles. The van der Waals surface area contributed by atoms with Gasteiger partial charge in [-0.15, -0.1) is 0 Å². The molecule has 0 aliphatic carbocycles. The summed E-state index contributed by atoms with van der Waals surface area (Å²) < 4.78 is 0. The largest absolute Gasteiger partial charge is 0.325 e. The van der Waals surface area contributed by atoms with E-state index < -0.39 is 0 Å². The molecule has 0 aromatic heterocycles. The monoisotopic (exact) mass is 358 g/mol. The summed E-state index contributed by atoms with van der Waals surface area (Å²) in [5, 5.41) is 2.98. The van der Waals surface area contributed by atoms with Crippen molar-refractivity contribution in [3.8, 4) is 0 Å². The van der Waals surface area contributed by atoms with E-state index in [1.807, 2.05) is 24.3 Å². The molecule has 0 unspecified atom stereocenters. The first-order chi connectivity index (χ1) is 12.5. The quantitative estimate of drug-likeness (QED) is 0.845. The van der Waals surface area contributed by atoms with E-state index in [0.717, 1.165) is 57.1 Å². The summed E-state index contributed by atoms with van der Waals surface area (Å²) in [4.78, 5) is 30.8. The molecular formula is C20H30N4O2. The van der Waals surface area contributed by atoms with E-state index in [1.54, 1.807) is 4.90 Å². The second kappa shape index (κ2) is 8.64. The second-order valence-electron chi connectivity index (χ2n) is 7.72. The van der Waals surface area contributed by atoms with Crippen molar-refractivity contribution in [3.05, 3.63) is 24.3 Å². The van der Waals surface area contributed by atoms with Gasteiger partial charge in [0.1, 0.15) is 0 Å². The van der Waals surface area contributed by atoms with Crippen LogP contribution in [-0.4, -0.2) is 67.4 Å². The van der Waals surface area contributed by atoms with E-state index in [-0.39, 0.29) is 11.8 Å². The Balaban J connectivity index is 1.49. The SMILES string of the molecule is CC(C)CN1CCN(CC(=O)Nc2cccc(N3CCCC3=O)c2)CC1. The summed E-state index contributed by atoms with van der Waals surface area (Å²) in [6, 6.07) is 7.58. The van der Waals surface area contributed by atoms with Gasteiger partial charge in [-0.3, -0.25) is 14.5 Å². The maximum atomic E-state index is 12.4. The average Bonchev–Trinajstić information content (AvgIpc) is 3.02. The van der Waals surface area contributed by atoms with Gasteiger partial charge < -0.3 is 15.1 Å². The van der Waals surface area contributed by atoms with Crippen molar-refractivity contribution in [2.24, 2.45) is 5.92 Å². The highest BCUT2D eigenvalue weighted by molar-refractivity contribution is 5.97. The number of carbonyl (C=O) groups is 2. The third-order valence-electron chi connectivity index (χ3n) is 4.97. The summed E-state index contributed by atoms with van der Waals surface area (Å²) >= 11 is 0. The number of hydrogen-bond donors (Lipinski definition) is 1. The van der Waals surface area contributed by atoms with Crippen molar-refractivity contribution < 1.29 is 9.59 Å². The predicted molar refractivity (Wildman–Crippen MR) is 104 cm³/mol. The zero-order valence-electron chi connectivity index (χ0n) is 15.9. The summed E-state index contributed by atoms with van der Waals surface area (Å²) in [5.74, 6) is 0.847. The lowest BCUT2D eigenvalue weighted by atomic mass is 10.2. The maximum absolute atomic E-state index is 12.4. The van der Waals surface area contributed by atoms with Crippen LogP contribution in [0.5, 0.6) is 0 Å². The molecule has 3 rings (SSSR count). The lowest BCUT2D eigenvalue weighted by Gasteiger charge is -2.35. The zero-order valence-corrected chi connectivity index (χ0v) is 15.9. The molecule has 2 fully saturated rings. The van der Waals surface area contributed by atoms with Crippen LogP contribution in [0.2, 0.25) is 0 Å². The molecule has 2 heterocycles. The first-order valence-corrected chi connectivity index (χ1v) is 9.66. The number of piperazine rings is 1. The minimum absolute atomic E-state index is 0.00667. The van der Waals surface area contributed by atoms with Gasteiger partial charge in [0.2, 0.25) is 11.8 Å². The number of rotatable bonds is 6. The lowest BCUT2D eigenvalue weighted by Crippen LogP contribution is -2.49. The van der Waals surface area contributed by atoms with Crippen LogP contribution in [-0.2, 0) is 9.59 Å². The Morgan fingerprint density at radius 1 is 1.12 bits per heavy atom. The van der Waals surface area contributed by atoms with Crippen LogP contribution in [0, 0.1) is 5.92 Å². The molecule has 2 aliphatic rings. The fourth-order valence-corrected chi connectivity index (χ4v) is 3.72. The summed E-state index contributed by atoms with van der Waals surface area (Å²) in [5.41, 5.74) is 1.62. The zero-order chi connectivity index (χ0) is 18.5. The molecule has 0 saturated carbocycles. The number of amides is 2. The molecule has 0 atom stereocenters. The topological polar surface area (TPSA) is 55.9 Å². The number of anilines is 2. The Kier molecular flexibility index (Phi) is 6.27. The maximum Gasteiger partial charge on any atom is 0.238 e. The Morgan fingerprint density at radius 2 is 1.85 bits per heavy atom. The molecular weight excluding hydrogens is 328 g/mol. The Hall–Kier alpha value is -1.92. The number of nitrogens with one attached hydrogen (secondary N) is 1. The van der Waals surface area contributed by atoms with Gasteiger partial charge in [0.15, 0.2) is 0 Å². The van der Waals surface area contributed by atoms with Crippen LogP contribution >= 0.6 is 0 Å². The normalized spacial score (nSPS) is 19.3. The van der Waals surface area contributed by atoms with Crippen molar-refractivity contribution in [2.45, 2.75) is 26.7 Å². The average molecular weight is 358 g/mol. The standard InChI is InChI=1S/C20H30N4O2/c1-16(2)14-22-9-11-23(12-10-22)15-19(25)21-17-5-3-6-18(13-17)24-8-4-7-20(24)26/h3,5-6,13,16H,4,7-12,14-15H2,1-2H3,(H,21,25). The van der Waals surface area contributed by atoms with Crippen LogP contribution in [0.4, 0.5) is 11.4 Å². The fraction of sp³-hybridized carbons (Fsp3) is 0.600. The predicted octanol–water partition coefficient (Wildman–Crippen LogP) is 2.03. The Bertz CT molecular complexity index is 638. The number of carbonyl (C=O) groups excluding carboxylic acids is 2. The third-order valence-corrected chi connectivity index (χ3v) is 4.97. The lowest BCUT2D eigenvalue weighted by molar-refractivity contribution is -0.118. The summed E-state index contributed by atoms with van der Waals surface area (Å²) in [6.07, 6.45) is 1.51. The van der Waals surface area contributed by atoms with Crippen molar-refractivity contribution in [3.63, 3.8) is 0 Å². The van der Waals surface area contributed by atoms with E-state index in [9.17, 15) is 9.59 Å². The first-order valence-electron chi connectivity index (χ1n) is 9.66. The Morgan fingerprint density at radius 3 is 2.50 bits per heavy atom. The van der Waals surface area contributed by atoms with Gasteiger partial charge in [-0.25, -0.2) is 0 Å². The minimum atomic E-state index is 0.00667. The third kappa shape index (κ3) is 5.05. The molecule has 6 nitrogen and oxygen atoms in total. The van der Waals surface area contributed by atoms with Crippen molar-refractivity contribution >= 4 is 23.2 Å². The summed E-state index contributed by atoms with van der Waals surface area (Å²) in [6.45, 7) is 10.7. The van der Waals surface area contributed by atoms with Crippen molar-refractivity contribution in [1.29, 1.82) is 0 Å². The van der Waals surface area contributed by atoms with Gasteiger partial charge in [0.25, 0.3) is 0 Å². The van der Waals surface area contributed by atoms with Gasteiger partial charge in [0, 0.05) is 57.1 Å². The molecule has 0 bridgehead atoms. The highest BCUT2D eigenvalue weighted by atomic mass is 16.2. The first kappa shape index (κ1) is 18.9. The van der Waals surface area contributed by atoms with Crippen LogP contribution in [0.1, 0.15) is 26.7 Å². The molecule has 1 aromatic carbocycles. The molecule has 2 amide bonds. The highest BCUT2D eigenvalue weighted by Gasteiger charge is 2.22. The van der Waals surface area contributed by atoms with Gasteiger partial charge in [0.05, 0.1) is 6.54 Å². The fourth-order valence-electron chi connectivity index (χ4n) is 3.72. The number of nitrogens with zero attached hydrogens (tertiary/aromatic N) is 3. The van der Waals surface area contributed by atoms with Gasteiger partial charge in [-0.1, -0.05) is 19.9 Å². The molecule has 6 heteroatoms. The van der Waals surface area contributed by atoms with Gasteiger partial charge in [-0.05, 0) is 30.5 Å². The van der Waals surface area contributed by atoms with Gasteiger partial charge >= 0.3 is 0 Å². The van der Waals surface area contributed by atoms with Crippen LogP contribution in [0.25, 0.3) is 0 Å². The van der Waals surface area contributed by atoms with Crippen LogP contribution < -0.4 is 10.2 Å². The van der Waals surface area contributed by atoms with Crippen LogP contribution in [0.3, 0.4) is 0 Å². The van der Waals surface area contributed by atoms with Gasteiger partial charge in [-0.2, -0.15) is 0 Å². The summed E-state index contributed by atoms with van der Waals surface area (Å²) in [7, 11) is 0.